The van der Waals surface area contributed by atoms with Crippen molar-refractivity contribution in [1.29, 1.82) is 0 Å². The van der Waals surface area contributed by atoms with Crippen LogP contribution in [-0.4, -0.2) is 17.2 Å². The molecule has 0 bridgehead atoms. The maximum Gasteiger partial charge on any atom is 0.236 e. The normalized spacial score (nSPS) is 17.4. The van der Waals surface area contributed by atoms with Gasteiger partial charge in [-0.2, -0.15) is 0 Å². The molecule has 0 spiro atoms. The second-order valence-electron chi connectivity index (χ2n) is 3.86. The Labute approximate surface area is 81.3 Å². The molecule has 1 aliphatic rings. The molecule has 1 aromatic rings. The van der Waals surface area contributed by atoms with Crippen molar-refractivity contribution in [2.45, 2.75) is 19.3 Å². The number of carbonyl (C=O) groups is 2. The van der Waals surface area contributed by atoms with Crippen molar-refractivity contribution < 1.29 is 9.59 Å². The van der Waals surface area contributed by atoms with Gasteiger partial charge in [-0.3, -0.25) is 14.6 Å². The summed E-state index contributed by atoms with van der Waals surface area (Å²) in [6.07, 6.45) is 2.19. The van der Waals surface area contributed by atoms with Gasteiger partial charge in [0, 0.05) is 11.8 Å². The minimum absolute atomic E-state index is 0.0805. The largest absolute Gasteiger partial charge is 0.324 e. The van der Waals surface area contributed by atoms with E-state index in [2.05, 4.69) is 10.3 Å². The molecular formula is C10H10N2O2. The quantitative estimate of drug-likeness (QED) is 0.675. The van der Waals surface area contributed by atoms with E-state index in [1.54, 1.807) is 6.07 Å². The summed E-state index contributed by atoms with van der Waals surface area (Å²) in [5.74, 6) is -0.0805. The van der Waals surface area contributed by atoms with Crippen LogP contribution in [0.5, 0.6) is 0 Å². The Bertz CT molecular complexity index is 424. The Kier molecular flexibility index (Phi) is 1.67. The number of anilines is 1. The van der Waals surface area contributed by atoms with Crippen LogP contribution in [0.4, 0.5) is 5.69 Å². The zero-order valence-electron chi connectivity index (χ0n) is 8.00. The summed E-state index contributed by atoms with van der Waals surface area (Å²) in [5.41, 5.74) is 1.22. The zero-order valence-corrected chi connectivity index (χ0v) is 8.00. The van der Waals surface area contributed by atoms with Gasteiger partial charge in [-0.1, -0.05) is 0 Å². The molecule has 0 saturated carbocycles. The van der Waals surface area contributed by atoms with Gasteiger partial charge < -0.3 is 5.32 Å². The molecule has 2 rings (SSSR count). The smallest absolute Gasteiger partial charge is 0.236 e. The Morgan fingerprint density at radius 1 is 1.50 bits per heavy atom. The molecular weight excluding hydrogens is 180 g/mol. The van der Waals surface area contributed by atoms with E-state index in [-0.39, 0.29) is 5.91 Å². The molecule has 4 nitrogen and oxygen atoms in total. The van der Waals surface area contributed by atoms with E-state index in [0.29, 0.717) is 23.2 Å². The van der Waals surface area contributed by atoms with Gasteiger partial charge in [0.1, 0.15) is 0 Å². The third-order valence-corrected chi connectivity index (χ3v) is 2.45. The number of hydrogen-bond donors (Lipinski definition) is 1. The van der Waals surface area contributed by atoms with Gasteiger partial charge in [-0.25, -0.2) is 0 Å². The van der Waals surface area contributed by atoms with Gasteiger partial charge in [0.15, 0.2) is 6.29 Å². The summed E-state index contributed by atoms with van der Waals surface area (Å²) in [4.78, 5) is 26.1. The summed E-state index contributed by atoms with van der Waals surface area (Å²) in [5, 5.41) is 2.70. The number of hydrogen-bond acceptors (Lipinski definition) is 3. The molecule has 0 saturated heterocycles. The highest BCUT2D eigenvalue weighted by Crippen LogP contribution is 2.35. The highest BCUT2D eigenvalue weighted by molar-refractivity contribution is 6.05. The molecule has 2 heterocycles. The first kappa shape index (κ1) is 8.87. The number of fused-ring (bicyclic) bond motifs is 1. The van der Waals surface area contributed by atoms with Crippen molar-refractivity contribution in [2.24, 2.45) is 0 Å². The van der Waals surface area contributed by atoms with E-state index < -0.39 is 5.41 Å². The number of pyridine rings is 1. The summed E-state index contributed by atoms with van der Waals surface area (Å²) < 4.78 is 0. The van der Waals surface area contributed by atoms with Crippen LogP contribution in [0.3, 0.4) is 0 Å². The van der Waals surface area contributed by atoms with Crippen LogP contribution in [0.2, 0.25) is 0 Å². The first-order valence-corrected chi connectivity index (χ1v) is 4.33. The lowest BCUT2D eigenvalue weighted by atomic mass is 9.90. The minimum Gasteiger partial charge on any atom is -0.324 e. The van der Waals surface area contributed by atoms with Crippen molar-refractivity contribution in [1.82, 2.24) is 4.98 Å². The Balaban J connectivity index is 2.59. The van der Waals surface area contributed by atoms with Gasteiger partial charge in [0.25, 0.3) is 0 Å². The van der Waals surface area contributed by atoms with E-state index in [1.807, 2.05) is 13.8 Å². The lowest BCUT2D eigenvalue weighted by molar-refractivity contribution is -0.119. The van der Waals surface area contributed by atoms with Gasteiger partial charge in [-0.15, -0.1) is 0 Å². The number of amides is 1. The predicted octanol–water partition coefficient (Wildman–Crippen LogP) is 1.12. The van der Waals surface area contributed by atoms with Crippen molar-refractivity contribution in [2.75, 3.05) is 5.32 Å². The van der Waals surface area contributed by atoms with Gasteiger partial charge in [0.2, 0.25) is 5.91 Å². The fourth-order valence-electron chi connectivity index (χ4n) is 1.52. The molecule has 0 aliphatic carbocycles. The first-order valence-electron chi connectivity index (χ1n) is 4.33. The SMILES string of the molecule is CC1(C)C(=O)Nc2cc(C=O)cnc21. The zero-order chi connectivity index (χ0) is 10.3. The lowest BCUT2D eigenvalue weighted by Crippen LogP contribution is -2.27. The monoisotopic (exact) mass is 190 g/mol. The van der Waals surface area contributed by atoms with Crippen LogP contribution in [0.25, 0.3) is 0 Å². The van der Waals surface area contributed by atoms with E-state index in [0.717, 1.165) is 0 Å². The summed E-state index contributed by atoms with van der Waals surface area (Å²) in [7, 11) is 0. The number of nitrogens with one attached hydrogen (secondary N) is 1. The van der Waals surface area contributed by atoms with Crippen molar-refractivity contribution in [3.8, 4) is 0 Å². The van der Waals surface area contributed by atoms with E-state index >= 15 is 0 Å². The molecule has 14 heavy (non-hydrogen) atoms. The highest BCUT2D eigenvalue weighted by Gasteiger charge is 2.39. The van der Waals surface area contributed by atoms with Crippen LogP contribution in [0.1, 0.15) is 29.9 Å². The van der Waals surface area contributed by atoms with Crippen LogP contribution >= 0.6 is 0 Å². The van der Waals surface area contributed by atoms with Crippen LogP contribution in [0.15, 0.2) is 12.3 Å². The third kappa shape index (κ3) is 1.04. The van der Waals surface area contributed by atoms with Crippen molar-refractivity contribution in [3.05, 3.63) is 23.5 Å². The van der Waals surface area contributed by atoms with Crippen molar-refractivity contribution >= 4 is 17.9 Å². The number of nitrogens with zero attached hydrogens (tertiary/aromatic N) is 1. The fraction of sp³-hybridized carbons (Fsp3) is 0.300. The molecule has 0 aromatic carbocycles. The predicted molar refractivity (Wildman–Crippen MR) is 51.3 cm³/mol. The number of aromatic nitrogens is 1. The highest BCUT2D eigenvalue weighted by atomic mass is 16.2. The minimum atomic E-state index is -0.600. The third-order valence-electron chi connectivity index (χ3n) is 2.45. The summed E-state index contributed by atoms with van der Waals surface area (Å²) in [6, 6.07) is 1.64. The molecule has 72 valence electrons. The average Bonchev–Trinajstić information content (AvgIpc) is 2.38. The Hall–Kier alpha value is -1.71. The Morgan fingerprint density at radius 3 is 2.86 bits per heavy atom. The molecule has 0 unspecified atom stereocenters. The van der Waals surface area contributed by atoms with Crippen LogP contribution < -0.4 is 5.32 Å². The molecule has 1 amide bonds. The molecule has 0 atom stereocenters. The van der Waals surface area contributed by atoms with E-state index in [9.17, 15) is 9.59 Å². The van der Waals surface area contributed by atoms with Crippen molar-refractivity contribution in [3.63, 3.8) is 0 Å². The van der Waals surface area contributed by atoms with E-state index in [1.165, 1.54) is 6.20 Å². The average molecular weight is 190 g/mol. The fourth-order valence-corrected chi connectivity index (χ4v) is 1.52. The molecule has 1 aliphatic heterocycles. The molecule has 0 fully saturated rings. The summed E-state index contributed by atoms with van der Waals surface area (Å²) >= 11 is 0. The number of aldehydes is 1. The molecule has 0 radical (unpaired) electrons. The maximum atomic E-state index is 11.5. The molecule has 1 N–H and O–H groups in total. The van der Waals surface area contributed by atoms with Gasteiger partial charge in [0.05, 0.1) is 16.8 Å². The van der Waals surface area contributed by atoms with Crippen LogP contribution in [0, 0.1) is 0 Å². The van der Waals surface area contributed by atoms with Crippen LogP contribution in [-0.2, 0) is 10.2 Å². The number of carbonyl (C=O) groups excluding carboxylic acids is 2. The number of rotatable bonds is 1. The van der Waals surface area contributed by atoms with E-state index in [4.69, 9.17) is 0 Å². The van der Waals surface area contributed by atoms with Gasteiger partial charge >= 0.3 is 0 Å². The lowest BCUT2D eigenvalue weighted by Gasteiger charge is -2.12. The summed E-state index contributed by atoms with van der Waals surface area (Å²) in [6.45, 7) is 3.61. The second-order valence-corrected chi connectivity index (χ2v) is 3.86. The second kappa shape index (κ2) is 2.64. The first-order chi connectivity index (χ1) is 6.55. The molecule has 4 heteroatoms. The Morgan fingerprint density at radius 2 is 2.21 bits per heavy atom. The van der Waals surface area contributed by atoms with Gasteiger partial charge in [-0.05, 0) is 19.9 Å². The topological polar surface area (TPSA) is 59.1 Å². The molecule has 1 aromatic heterocycles. The standard InChI is InChI=1S/C10H10N2O2/c1-10(2)8-7(12-9(10)14)3-6(5-13)4-11-8/h3-5H,1-2H3,(H,12,14). The maximum absolute atomic E-state index is 11.5.